The molecule has 2 aromatic rings. The van der Waals surface area contributed by atoms with Crippen molar-refractivity contribution in [3.8, 4) is 10.4 Å². The molecule has 0 aliphatic carbocycles. The van der Waals surface area contributed by atoms with Crippen LogP contribution in [0.3, 0.4) is 0 Å². The Balaban J connectivity index is 1.29. The SMILES string of the molecule is Cc1ncsc1-c1ccc([C@H](C)NC(=O)[C@@H]2C[C@@H](O)CN2C(=O)[C@@H](NC(=O)CN2CCN(CCNC(=O)OC(C)(C)C)CC2)C(C)(C)C)cc1. The summed E-state index contributed by atoms with van der Waals surface area (Å²) < 4.78 is 5.28. The first-order valence-corrected chi connectivity index (χ1v) is 18.3. The van der Waals surface area contributed by atoms with E-state index in [1.165, 1.54) is 4.90 Å². The number of β-amino-alcohol motifs (C(OH)–C–C–N with tert-alkyl or cyclic N) is 1. The smallest absolute Gasteiger partial charge is 0.407 e. The number of aliphatic hydroxyl groups is 1. The van der Waals surface area contributed by atoms with E-state index in [1.54, 1.807) is 11.3 Å². The number of rotatable bonds is 11. The Kier molecular flexibility index (Phi) is 13.0. The minimum atomic E-state index is -0.893. The van der Waals surface area contributed by atoms with Crippen LogP contribution >= 0.6 is 11.3 Å². The number of thiazole rings is 1. The molecule has 2 fully saturated rings. The average molecular weight is 714 g/mol. The number of alkyl carbamates (subject to hydrolysis) is 1. The van der Waals surface area contributed by atoms with Crippen molar-refractivity contribution >= 4 is 35.2 Å². The van der Waals surface area contributed by atoms with E-state index in [1.807, 2.05) is 90.1 Å². The number of piperazine rings is 1. The number of benzene rings is 1. The molecule has 0 radical (unpaired) electrons. The second-order valence-corrected chi connectivity index (χ2v) is 16.3. The van der Waals surface area contributed by atoms with Gasteiger partial charge >= 0.3 is 6.09 Å². The normalized spacial score (nSPS) is 20.2. The minimum Gasteiger partial charge on any atom is -0.444 e. The monoisotopic (exact) mass is 713 g/mol. The van der Waals surface area contributed by atoms with Gasteiger partial charge in [-0.15, -0.1) is 11.3 Å². The highest BCUT2D eigenvalue weighted by Gasteiger charge is 2.44. The van der Waals surface area contributed by atoms with Crippen molar-refractivity contribution < 1.29 is 29.0 Å². The van der Waals surface area contributed by atoms with E-state index >= 15 is 0 Å². The fourth-order valence-corrected chi connectivity index (χ4v) is 7.04. The average Bonchev–Trinajstić information content (AvgIpc) is 3.64. The van der Waals surface area contributed by atoms with E-state index in [-0.39, 0.29) is 43.3 Å². The summed E-state index contributed by atoms with van der Waals surface area (Å²) in [6.45, 7) is 19.1. The van der Waals surface area contributed by atoms with Crippen molar-refractivity contribution in [1.29, 1.82) is 0 Å². The van der Waals surface area contributed by atoms with Crippen LogP contribution < -0.4 is 16.0 Å². The molecule has 3 heterocycles. The van der Waals surface area contributed by atoms with Crippen molar-refractivity contribution in [2.45, 2.75) is 91.6 Å². The van der Waals surface area contributed by atoms with E-state index in [0.717, 1.165) is 34.8 Å². The maximum Gasteiger partial charge on any atom is 0.407 e. The zero-order valence-electron chi connectivity index (χ0n) is 30.7. The number of aryl methyl sites for hydroxylation is 1. The molecule has 13 nitrogen and oxygen atoms in total. The van der Waals surface area contributed by atoms with Crippen LogP contribution in [0.5, 0.6) is 0 Å². The van der Waals surface area contributed by atoms with Crippen molar-refractivity contribution in [2.24, 2.45) is 5.41 Å². The van der Waals surface area contributed by atoms with E-state index in [2.05, 4.69) is 25.8 Å². The van der Waals surface area contributed by atoms with Crippen LogP contribution in [0.4, 0.5) is 4.79 Å². The third kappa shape index (κ3) is 11.0. The molecule has 0 saturated carbocycles. The summed E-state index contributed by atoms with van der Waals surface area (Å²) in [7, 11) is 0. The van der Waals surface area contributed by atoms with Crippen molar-refractivity contribution in [1.82, 2.24) is 35.6 Å². The van der Waals surface area contributed by atoms with Gasteiger partial charge in [-0.25, -0.2) is 9.78 Å². The zero-order valence-corrected chi connectivity index (χ0v) is 31.6. The van der Waals surface area contributed by atoms with Gasteiger partial charge in [-0.3, -0.25) is 24.2 Å². The van der Waals surface area contributed by atoms with E-state index in [0.29, 0.717) is 26.2 Å². The maximum atomic E-state index is 14.0. The Morgan fingerprint density at radius 3 is 2.22 bits per heavy atom. The molecule has 14 heteroatoms. The minimum absolute atomic E-state index is 0.0153. The molecule has 0 spiro atoms. The van der Waals surface area contributed by atoms with Crippen LogP contribution in [0.1, 0.15) is 72.2 Å². The number of carbonyl (C=O) groups excluding carboxylic acids is 4. The molecule has 4 atom stereocenters. The lowest BCUT2D eigenvalue weighted by molar-refractivity contribution is -0.144. The van der Waals surface area contributed by atoms with Crippen molar-refractivity contribution in [3.63, 3.8) is 0 Å². The molecule has 4 amide bonds. The molecular weight excluding hydrogens is 659 g/mol. The van der Waals surface area contributed by atoms with Crippen LogP contribution in [0.25, 0.3) is 10.4 Å². The Hall–Kier alpha value is -3.59. The second kappa shape index (κ2) is 16.6. The second-order valence-electron chi connectivity index (χ2n) is 15.4. The first-order chi connectivity index (χ1) is 23.4. The predicted octanol–water partition coefficient (Wildman–Crippen LogP) is 2.93. The van der Waals surface area contributed by atoms with Crippen molar-refractivity contribution in [3.05, 3.63) is 41.0 Å². The lowest BCUT2D eigenvalue weighted by Crippen LogP contribution is -2.59. The van der Waals surface area contributed by atoms with Gasteiger partial charge in [-0.1, -0.05) is 45.0 Å². The molecule has 276 valence electrons. The van der Waals surface area contributed by atoms with Gasteiger partial charge in [0.05, 0.1) is 34.8 Å². The van der Waals surface area contributed by atoms with E-state index in [9.17, 15) is 24.3 Å². The molecule has 4 N–H and O–H groups in total. The van der Waals surface area contributed by atoms with Crippen LogP contribution in [0, 0.1) is 12.3 Å². The number of likely N-dealkylation sites (tertiary alicyclic amines) is 1. The fourth-order valence-electron chi connectivity index (χ4n) is 6.23. The lowest BCUT2D eigenvalue weighted by Gasteiger charge is -2.37. The molecule has 4 rings (SSSR count). The number of carbonyl (C=O) groups is 4. The maximum absolute atomic E-state index is 14.0. The third-order valence-corrected chi connectivity index (χ3v) is 9.97. The summed E-state index contributed by atoms with van der Waals surface area (Å²) in [5.74, 6) is -1.01. The molecule has 2 aliphatic heterocycles. The first-order valence-electron chi connectivity index (χ1n) is 17.4. The number of nitrogens with zero attached hydrogens (tertiary/aromatic N) is 4. The molecule has 0 bridgehead atoms. The Morgan fingerprint density at radius 2 is 1.64 bits per heavy atom. The van der Waals surface area contributed by atoms with Crippen molar-refractivity contribution in [2.75, 3.05) is 52.4 Å². The van der Waals surface area contributed by atoms with E-state index in [4.69, 9.17) is 4.74 Å². The number of aromatic nitrogens is 1. The highest BCUT2D eigenvalue weighted by atomic mass is 32.1. The number of hydrogen-bond donors (Lipinski definition) is 4. The van der Waals surface area contributed by atoms with Gasteiger partial charge in [0.1, 0.15) is 17.7 Å². The molecular formula is C36H55N7O6S. The summed E-state index contributed by atoms with van der Waals surface area (Å²) in [6, 6.07) is 5.89. The topological polar surface area (TPSA) is 156 Å². The number of ether oxygens (including phenoxy) is 1. The summed E-state index contributed by atoms with van der Waals surface area (Å²) in [6.07, 6.45) is -1.17. The predicted molar refractivity (Wildman–Crippen MR) is 193 cm³/mol. The largest absolute Gasteiger partial charge is 0.444 e. The van der Waals surface area contributed by atoms with Crippen LogP contribution in [0.2, 0.25) is 0 Å². The molecule has 2 aliphatic rings. The molecule has 0 unspecified atom stereocenters. The summed E-state index contributed by atoms with van der Waals surface area (Å²) in [4.78, 5) is 63.9. The highest BCUT2D eigenvalue weighted by molar-refractivity contribution is 7.13. The highest BCUT2D eigenvalue weighted by Crippen LogP contribution is 2.29. The molecule has 1 aromatic carbocycles. The quantitative estimate of drug-likeness (QED) is 0.275. The number of nitrogens with one attached hydrogen (secondary N) is 3. The number of amides is 4. The molecule has 50 heavy (non-hydrogen) atoms. The molecule has 1 aromatic heterocycles. The van der Waals surface area contributed by atoms with Crippen LogP contribution in [-0.4, -0.2) is 125 Å². The standard InChI is InChI=1S/C36H55N7O6S/c1-23(25-9-11-26(12-10-25)30-24(2)38-22-50-30)39-32(46)28-19-27(44)20-43(28)33(47)31(35(3,4)5)40-29(45)21-42-17-15-41(16-18-42)14-13-37-34(48)49-36(6,7)8/h9-12,22-23,27-28,31,44H,13-21H2,1-8H3,(H,37,48)(H,39,46)(H,40,45)/t23-,27+,28-,31+/m0/s1. The fraction of sp³-hybridized carbons (Fsp3) is 0.639. The van der Waals surface area contributed by atoms with Gasteiger partial charge < -0.3 is 30.7 Å². The summed E-state index contributed by atoms with van der Waals surface area (Å²) in [5, 5.41) is 19.4. The third-order valence-electron chi connectivity index (χ3n) is 8.99. The zero-order chi connectivity index (χ0) is 36.8. The van der Waals surface area contributed by atoms with Crippen LogP contribution in [0.15, 0.2) is 29.8 Å². The first kappa shape index (κ1) is 39.2. The van der Waals surface area contributed by atoms with Gasteiger partial charge in [0.15, 0.2) is 0 Å². The Bertz CT molecular complexity index is 1480. The Morgan fingerprint density at radius 1 is 1.00 bits per heavy atom. The van der Waals surface area contributed by atoms with Gasteiger partial charge in [-0.05, 0) is 51.2 Å². The number of aliphatic hydroxyl groups excluding tert-OH is 1. The lowest BCUT2D eigenvalue weighted by atomic mass is 9.85. The Labute approximate surface area is 300 Å². The van der Waals surface area contributed by atoms with Gasteiger partial charge in [0.25, 0.3) is 0 Å². The van der Waals surface area contributed by atoms with E-state index < -0.39 is 35.3 Å². The molecule has 2 saturated heterocycles. The van der Waals surface area contributed by atoms with Gasteiger partial charge in [0, 0.05) is 52.2 Å². The summed E-state index contributed by atoms with van der Waals surface area (Å²) >= 11 is 1.58. The number of hydrogen-bond acceptors (Lipinski definition) is 10. The van der Waals surface area contributed by atoms with Gasteiger partial charge in [0.2, 0.25) is 17.7 Å². The summed E-state index contributed by atoms with van der Waals surface area (Å²) in [5.41, 5.74) is 3.57. The van der Waals surface area contributed by atoms with Gasteiger partial charge in [-0.2, -0.15) is 0 Å². The van der Waals surface area contributed by atoms with Crippen LogP contribution in [-0.2, 0) is 19.1 Å².